The molecule has 2 N–H and O–H groups in total. The fourth-order valence-electron chi connectivity index (χ4n) is 5.48. The quantitative estimate of drug-likeness (QED) is 0.537. The van der Waals surface area contributed by atoms with Gasteiger partial charge < -0.3 is 15.5 Å². The van der Waals surface area contributed by atoms with Gasteiger partial charge in [0.15, 0.2) is 0 Å². The van der Waals surface area contributed by atoms with Crippen molar-refractivity contribution in [2.75, 3.05) is 39.3 Å². The van der Waals surface area contributed by atoms with E-state index in [1.165, 1.54) is 82.4 Å². The molecular formula is C28H46N4O2. The first-order chi connectivity index (χ1) is 16.5. The molecule has 34 heavy (non-hydrogen) atoms. The Morgan fingerprint density at radius 2 is 1.18 bits per heavy atom. The van der Waals surface area contributed by atoms with Gasteiger partial charge in [0.05, 0.1) is 11.1 Å². The summed E-state index contributed by atoms with van der Waals surface area (Å²) in [5, 5.41) is 0. The summed E-state index contributed by atoms with van der Waals surface area (Å²) < 4.78 is 0. The number of carbonyl (C=O) groups excluding carboxylic acids is 2. The van der Waals surface area contributed by atoms with Crippen LogP contribution in [0.1, 0.15) is 98.8 Å². The monoisotopic (exact) mass is 470 g/mol. The predicted octanol–water partition coefficient (Wildman–Crippen LogP) is 4.54. The number of likely N-dealkylation sites (tertiary alicyclic amines) is 2. The van der Waals surface area contributed by atoms with Crippen molar-refractivity contribution in [2.24, 2.45) is 5.73 Å². The van der Waals surface area contributed by atoms with Gasteiger partial charge in [-0.15, -0.1) is 0 Å². The number of amides is 2. The van der Waals surface area contributed by atoms with E-state index in [9.17, 15) is 9.59 Å². The molecule has 2 saturated heterocycles. The van der Waals surface area contributed by atoms with E-state index in [1.807, 2.05) is 12.1 Å². The number of piperidine rings is 2. The van der Waals surface area contributed by atoms with Gasteiger partial charge in [-0.2, -0.15) is 0 Å². The van der Waals surface area contributed by atoms with E-state index in [4.69, 9.17) is 5.73 Å². The third-order valence-corrected chi connectivity index (χ3v) is 7.74. The Morgan fingerprint density at radius 3 is 1.62 bits per heavy atom. The van der Waals surface area contributed by atoms with Crippen molar-refractivity contribution >= 4 is 11.8 Å². The van der Waals surface area contributed by atoms with Gasteiger partial charge in [-0.3, -0.25) is 14.5 Å². The number of carbonyl (C=O) groups is 2. The molecular weight excluding hydrogens is 424 g/mol. The molecule has 2 atom stereocenters. The average molecular weight is 471 g/mol. The van der Waals surface area contributed by atoms with Crippen LogP contribution in [0.25, 0.3) is 0 Å². The molecule has 0 saturated carbocycles. The molecule has 0 aliphatic carbocycles. The summed E-state index contributed by atoms with van der Waals surface area (Å²) in [6, 6.07) is 8.40. The molecule has 6 heteroatoms. The highest BCUT2D eigenvalue weighted by Gasteiger charge is 2.34. The molecule has 2 amide bonds. The number of nitrogens with two attached hydrogens (primary N) is 1. The molecule has 6 nitrogen and oxygen atoms in total. The normalized spacial score (nSPS) is 21.1. The molecule has 2 unspecified atom stereocenters. The molecule has 0 radical (unpaired) electrons. The van der Waals surface area contributed by atoms with Crippen LogP contribution in [-0.4, -0.2) is 77.9 Å². The van der Waals surface area contributed by atoms with Gasteiger partial charge in [-0.25, -0.2) is 0 Å². The summed E-state index contributed by atoms with van der Waals surface area (Å²) >= 11 is 0. The smallest absolute Gasteiger partial charge is 0.261 e. The van der Waals surface area contributed by atoms with E-state index in [2.05, 4.69) is 23.6 Å². The van der Waals surface area contributed by atoms with E-state index in [-0.39, 0.29) is 11.8 Å². The second kappa shape index (κ2) is 14.0. The molecule has 3 aliphatic rings. The van der Waals surface area contributed by atoms with Crippen LogP contribution in [0.2, 0.25) is 0 Å². The van der Waals surface area contributed by atoms with Crippen LogP contribution in [-0.2, 0) is 0 Å². The first-order valence-corrected chi connectivity index (χ1v) is 13.7. The lowest BCUT2D eigenvalue weighted by Gasteiger charge is -2.32. The van der Waals surface area contributed by atoms with Crippen LogP contribution < -0.4 is 5.73 Å². The first kappa shape index (κ1) is 26.8. The Kier molecular flexibility index (Phi) is 11.0. The molecule has 3 aliphatic heterocycles. The molecule has 1 aromatic rings. The maximum Gasteiger partial charge on any atom is 0.261 e. The zero-order valence-electron chi connectivity index (χ0n) is 21.5. The van der Waals surface area contributed by atoms with Crippen LogP contribution in [0.15, 0.2) is 24.3 Å². The Balaban J connectivity index is 0.000000229. The number of hydrogen-bond donors (Lipinski definition) is 1. The van der Waals surface area contributed by atoms with Gasteiger partial charge in [0.2, 0.25) is 0 Å². The van der Waals surface area contributed by atoms with E-state index < -0.39 is 0 Å². The number of hydrogen-bond acceptors (Lipinski definition) is 5. The summed E-state index contributed by atoms with van der Waals surface area (Å²) in [6.45, 7) is 11.0. The summed E-state index contributed by atoms with van der Waals surface area (Å²) in [6.07, 6.45) is 12.5. The van der Waals surface area contributed by atoms with Crippen molar-refractivity contribution in [3.8, 4) is 0 Å². The van der Waals surface area contributed by atoms with Crippen LogP contribution in [0.3, 0.4) is 0 Å². The maximum atomic E-state index is 12.3. The van der Waals surface area contributed by atoms with Crippen LogP contribution >= 0.6 is 0 Å². The first-order valence-electron chi connectivity index (χ1n) is 13.7. The predicted molar refractivity (Wildman–Crippen MR) is 139 cm³/mol. The fourth-order valence-corrected chi connectivity index (χ4v) is 5.48. The summed E-state index contributed by atoms with van der Waals surface area (Å²) in [5.74, 6) is -0.266. The molecule has 0 bridgehead atoms. The minimum atomic E-state index is -0.133. The van der Waals surface area contributed by atoms with Gasteiger partial charge in [0.25, 0.3) is 11.8 Å². The molecule has 0 spiro atoms. The largest absolute Gasteiger partial charge is 0.330 e. The van der Waals surface area contributed by atoms with E-state index in [0.29, 0.717) is 23.7 Å². The van der Waals surface area contributed by atoms with Gasteiger partial charge in [0.1, 0.15) is 0 Å². The van der Waals surface area contributed by atoms with E-state index >= 15 is 0 Å². The van der Waals surface area contributed by atoms with Crippen LogP contribution in [0, 0.1) is 0 Å². The SMILES string of the molecule is CC(CCCN)N1CCCCC1.CC(CCCN1C(=O)c2ccccc2C1=O)N1CCCCC1. The van der Waals surface area contributed by atoms with Crippen molar-refractivity contribution in [2.45, 2.75) is 90.1 Å². The number of nitrogens with zero attached hydrogens (tertiary/aromatic N) is 3. The lowest BCUT2D eigenvalue weighted by molar-refractivity contribution is 0.0645. The van der Waals surface area contributed by atoms with Gasteiger partial charge in [-0.1, -0.05) is 25.0 Å². The Morgan fingerprint density at radius 1 is 0.735 bits per heavy atom. The molecule has 2 fully saturated rings. The van der Waals surface area contributed by atoms with Crippen molar-refractivity contribution < 1.29 is 9.59 Å². The summed E-state index contributed by atoms with van der Waals surface area (Å²) in [4.78, 5) is 31.1. The highest BCUT2D eigenvalue weighted by molar-refractivity contribution is 6.21. The lowest BCUT2D eigenvalue weighted by Crippen LogP contribution is -2.38. The van der Waals surface area contributed by atoms with Crippen molar-refractivity contribution in [3.05, 3.63) is 35.4 Å². The van der Waals surface area contributed by atoms with Crippen LogP contribution in [0.4, 0.5) is 0 Å². The third kappa shape index (κ3) is 7.37. The highest BCUT2D eigenvalue weighted by Crippen LogP contribution is 2.23. The van der Waals surface area contributed by atoms with E-state index in [1.54, 1.807) is 12.1 Å². The number of fused-ring (bicyclic) bond motifs is 1. The molecule has 0 aromatic heterocycles. The van der Waals surface area contributed by atoms with Gasteiger partial charge >= 0.3 is 0 Å². The molecule has 190 valence electrons. The Labute approximate surface area is 206 Å². The van der Waals surface area contributed by atoms with Crippen molar-refractivity contribution in [1.29, 1.82) is 0 Å². The van der Waals surface area contributed by atoms with Crippen molar-refractivity contribution in [1.82, 2.24) is 14.7 Å². The lowest BCUT2D eigenvalue weighted by atomic mass is 10.1. The zero-order chi connectivity index (χ0) is 24.3. The summed E-state index contributed by atoms with van der Waals surface area (Å²) in [5.41, 5.74) is 6.59. The van der Waals surface area contributed by atoms with E-state index in [0.717, 1.165) is 25.4 Å². The molecule has 4 rings (SSSR count). The van der Waals surface area contributed by atoms with Crippen LogP contribution in [0.5, 0.6) is 0 Å². The standard InChI is InChI=1S/C18H24N2O2.C10H22N2/c1-14(19-11-5-2-6-12-19)8-7-13-20-17(21)15-9-3-4-10-16(15)18(20)22;1-10(6-5-7-11)12-8-3-2-4-9-12/h3-4,9-10,14H,2,5-8,11-13H2,1H3;10H,2-9,11H2,1H3. The van der Waals surface area contributed by atoms with Crippen molar-refractivity contribution in [3.63, 3.8) is 0 Å². The Bertz CT molecular complexity index is 736. The minimum absolute atomic E-state index is 0.133. The maximum absolute atomic E-state index is 12.3. The minimum Gasteiger partial charge on any atom is -0.330 e. The summed E-state index contributed by atoms with van der Waals surface area (Å²) in [7, 11) is 0. The zero-order valence-corrected chi connectivity index (χ0v) is 21.5. The molecule has 3 heterocycles. The molecule has 1 aromatic carbocycles. The highest BCUT2D eigenvalue weighted by atomic mass is 16.2. The topological polar surface area (TPSA) is 69.9 Å². The average Bonchev–Trinajstić information content (AvgIpc) is 3.13. The Hall–Kier alpha value is -1.76. The second-order valence-electron chi connectivity index (χ2n) is 10.3. The van der Waals surface area contributed by atoms with Gasteiger partial charge in [-0.05, 0) is 110 Å². The number of benzene rings is 1. The third-order valence-electron chi connectivity index (χ3n) is 7.74. The number of rotatable bonds is 9. The fraction of sp³-hybridized carbons (Fsp3) is 0.714. The number of imide groups is 1. The van der Waals surface area contributed by atoms with Gasteiger partial charge in [0, 0.05) is 18.6 Å². The second-order valence-corrected chi connectivity index (χ2v) is 10.3.